The molecule has 3 aromatic carbocycles. The van der Waals surface area contributed by atoms with Gasteiger partial charge in [-0.2, -0.15) is 0 Å². The van der Waals surface area contributed by atoms with E-state index in [1.165, 1.54) is 25.3 Å². The lowest BCUT2D eigenvalue weighted by Crippen LogP contribution is -2.14. The van der Waals surface area contributed by atoms with Crippen LogP contribution in [-0.4, -0.2) is 24.1 Å². The van der Waals surface area contributed by atoms with Crippen LogP contribution in [0.25, 0.3) is 10.8 Å². The molecule has 0 saturated heterocycles. The van der Waals surface area contributed by atoms with E-state index in [0.717, 1.165) is 10.8 Å². The van der Waals surface area contributed by atoms with Crippen LogP contribution >= 0.6 is 11.6 Å². The van der Waals surface area contributed by atoms with Crippen molar-refractivity contribution in [1.82, 2.24) is 0 Å². The second-order valence-corrected chi connectivity index (χ2v) is 5.76. The van der Waals surface area contributed by atoms with E-state index in [9.17, 15) is 9.59 Å². The molecule has 0 unspecified atom stereocenters. The smallest absolute Gasteiger partial charge is 0.335 e. The molecule has 0 saturated carbocycles. The summed E-state index contributed by atoms with van der Waals surface area (Å²) in [4.78, 5) is 23.8. The van der Waals surface area contributed by atoms with Crippen molar-refractivity contribution in [2.24, 2.45) is 0 Å². The first kappa shape index (κ1) is 16.8. The number of methoxy groups -OCH3 is 1. The van der Waals surface area contributed by atoms with E-state index in [2.05, 4.69) is 5.32 Å². The number of anilines is 1. The first-order chi connectivity index (χ1) is 12.0. The Morgan fingerprint density at radius 3 is 2.36 bits per heavy atom. The molecule has 0 aliphatic rings. The van der Waals surface area contributed by atoms with Gasteiger partial charge in [0.25, 0.3) is 5.91 Å². The molecular weight excluding hydrogens is 342 g/mol. The van der Waals surface area contributed by atoms with Crippen molar-refractivity contribution in [1.29, 1.82) is 0 Å². The highest BCUT2D eigenvalue weighted by atomic mass is 35.5. The number of carboxylic acids is 1. The summed E-state index contributed by atoms with van der Waals surface area (Å²) in [7, 11) is 1.49. The van der Waals surface area contributed by atoms with Gasteiger partial charge in [0.05, 0.1) is 28.9 Å². The van der Waals surface area contributed by atoms with E-state index in [0.29, 0.717) is 11.3 Å². The molecule has 3 aromatic rings. The number of ether oxygens (including phenoxy) is 1. The Labute approximate surface area is 148 Å². The molecule has 0 atom stereocenters. The minimum Gasteiger partial charge on any atom is -0.496 e. The number of aromatic carboxylic acids is 1. The molecule has 0 radical (unpaired) electrons. The minimum atomic E-state index is -1.10. The van der Waals surface area contributed by atoms with Crippen LogP contribution in [0, 0.1) is 0 Å². The van der Waals surface area contributed by atoms with Crippen LogP contribution in [0.3, 0.4) is 0 Å². The Bertz CT molecular complexity index is 984. The molecule has 6 heteroatoms. The molecule has 0 fully saturated rings. The van der Waals surface area contributed by atoms with E-state index in [-0.39, 0.29) is 16.3 Å². The molecule has 3 rings (SSSR count). The first-order valence-electron chi connectivity index (χ1n) is 7.40. The molecule has 0 spiro atoms. The molecule has 1 amide bonds. The molecule has 25 heavy (non-hydrogen) atoms. The van der Waals surface area contributed by atoms with E-state index in [1.807, 2.05) is 24.3 Å². The third-order valence-electron chi connectivity index (χ3n) is 3.77. The lowest BCUT2D eigenvalue weighted by atomic mass is 10.1. The van der Waals surface area contributed by atoms with Crippen LogP contribution in [0.2, 0.25) is 5.02 Å². The number of fused-ring (bicyclic) bond motifs is 1. The number of hydrogen-bond acceptors (Lipinski definition) is 3. The number of benzene rings is 3. The zero-order chi connectivity index (χ0) is 18.0. The van der Waals surface area contributed by atoms with Gasteiger partial charge >= 0.3 is 5.97 Å². The highest BCUT2D eigenvalue weighted by molar-refractivity contribution is 6.34. The third-order valence-corrected chi connectivity index (χ3v) is 4.10. The van der Waals surface area contributed by atoms with Gasteiger partial charge in [-0.15, -0.1) is 0 Å². The molecule has 0 heterocycles. The standard InChI is InChI=1S/C19H14ClNO4/c1-25-17-10-12-5-3-2-4-11(12)8-14(17)18(22)21-16-9-13(19(23)24)6-7-15(16)20/h2-10H,1H3,(H,21,22)(H,23,24). The average molecular weight is 356 g/mol. The fourth-order valence-corrected chi connectivity index (χ4v) is 2.67. The summed E-state index contributed by atoms with van der Waals surface area (Å²) in [6.07, 6.45) is 0. The Hall–Kier alpha value is -3.05. The second-order valence-electron chi connectivity index (χ2n) is 5.35. The first-order valence-corrected chi connectivity index (χ1v) is 7.78. The molecule has 2 N–H and O–H groups in total. The van der Waals surface area contributed by atoms with Gasteiger partial charge in [-0.1, -0.05) is 35.9 Å². The van der Waals surface area contributed by atoms with Crippen LogP contribution < -0.4 is 10.1 Å². The fraction of sp³-hybridized carbons (Fsp3) is 0.0526. The van der Waals surface area contributed by atoms with Crippen LogP contribution in [-0.2, 0) is 0 Å². The molecule has 0 aliphatic heterocycles. The number of nitrogens with one attached hydrogen (secondary N) is 1. The molecule has 126 valence electrons. The van der Waals surface area contributed by atoms with Gasteiger partial charge in [-0.3, -0.25) is 4.79 Å². The maximum absolute atomic E-state index is 12.7. The minimum absolute atomic E-state index is 0.0326. The van der Waals surface area contributed by atoms with E-state index < -0.39 is 11.9 Å². The Balaban J connectivity index is 2.00. The van der Waals surface area contributed by atoms with Crippen molar-refractivity contribution < 1.29 is 19.4 Å². The highest BCUT2D eigenvalue weighted by Gasteiger charge is 2.16. The molecule has 0 aromatic heterocycles. The predicted octanol–water partition coefficient (Wildman–Crippen LogP) is 4.45. The summed E-state index contributed by atoms with van der Waals surface area (Å²) in [5, 5.41) is 13.8. The topological polar surface area (TPSA) is 75.6 Å². The summed E-state index contributed by atoms with van der Waals surface area (Å²) in [6, 6.07) is 15.2. The summed E-state index contributed by atoms with van der Waals surface area (Å²) in [6.45, 7) is 0. The Kier molecular flexibility index (Phi) is 4.59. The van der Waals surface area contributed by atoms with Crippen molar-refractivity contribution in [3.63, 3.8) is 0 Å². The summed E-state index contributed by atoms with van der Waals surface area (Å²) in [5.74, 6) is -1.12. The van der Waals surface area contributed by atoms with Crippen molar-refractivity contribution in [2.75, 3.05) is 12.4 Å². The Morgan fingerprint density at radius 2 is 1.72 bits per heavy atom. The molecule has 0 bridgehead atoms. The second kappa shape index (κ2) is 6.83. The van der Waals surface area contributed by atoms with E-state index in [4.69, 9.17) is 21.4 Å². The number of amides is 1. The maximum atomic E-state index is 12.7. The number of carboxylic acid groups (broad SMARTS) is 1. The lowest BCUT2D eigenvalue weighted by Gasteiger charge is -2.12. The Morgan fingerprint density at radius 1 is 1.04 bits per heavy atom. The van der Waals surface area contributed by atoms with E-state index in [1.54, 1.807) is 12.1 Å². The molecule has 5 nitrogen and oxygen atoms in total. The fourth-order valence-electron chi connectivity index (χ4n) is 2.51. The SMILES string of the molecule is COc1cc2ccccc2cc1C(=O)Nc1cc(C(=O)O)ccc1Cl. The molecule has 0 aliphatic carbocycles. The van der Waals surface area contributed by atoms with Gasteiger partial charge < -0.3 is 15.2 Å². The zero-order valence-electron chi connectivity index (χ0n) is 13.2. The van der Waals surface area contributed by atoms with Gasteiger partial charge in [0.2, 0.25) is 0 Å². The van der Waals surface area contributed by atoms with Crippen molar-refractivity contribution >= 4 is 39.9 Å². The largest absolute Gasteiger partial charge is 0.496 e. The maximum Gasteiger partial charge on any atom is 0.335 e. The van der Waals surface area contributed by atoms with E-state index >= 15 is 0 Å². The van der Waals surface area contributed by atoms with Gasteiger partial charge in [0.15, 0.2) is 0 Å². The highest BCUT2D eigenvalue weighted by Crippen LogP contribution is 2.28. The number of carbonyl (C=O) groups excluding carboxylic acids is 1. The van der Waals surface area contributed by atoms with Gasteiger partial charge in [0, 0.05) is 0 Å². The summed E-state index contributed by atoms with van der Waals surface area (Å²) < 4.78 is 5.32. The zero-order valence-corrected chi connectivity index (χ0v) is 14.0. The van der Waals surface area contributed by atoms with Crippen molar-refractivity contribution in [3.05, 3.63) is 70.7 Å². The molecular formula is C19H14ClNO4. The monoisotopic (exact) mass is 355 g/mol. The van der Waals surface area contributed by atoms with Crippen molar-refractivity contribution in [2.45, 2.75) is 0 Å². The van der Waals surface area contributed by atoms with Crippen LogP contribution in [0.1, 0.15) is 20.7 Å². The van der Waals surface area contributed by atoms with Crippen LogP contribution in [0.4, 0.5) is 5.69 Å². The third kappa shape index (κ3) is 3.41. The van der Waals surface area contributed by atoms with Crippen molar-refractivity contribution in [3.8, 4) is 5.75 Å². The number of hydrogen-bond donors (Lipinski definition) is 2. The summed E-state index contributed by atoms with van der Waals surface area (Å²) >= 11 is 6.06. The van der Waals surface area contributed by atoms with Gasteiger partial charge in [0.1, 0.15) is 5.75 Å². The van der Waals surface area contributed by atoms with Crippen LogP contribution in [0.5, 0.6) is 5.75 Å². The van der Waals surface area contributed by atoms with Gasteiger partial charge in [-0.05, 0) is 41.1 Å². The van der Waals surface area contributed by atoms with Crippen LogP contribution in [0.15, 0.2) is 54.6 Å². The lowest BCUT2D eigenvalue weighted by molar-refractivity contribution is 0.0696. The number of halogens is 1. The normalized spacial score (nSPS) is 10.5. The summed E-state index contributed by atoms with van der Waals surface area (Å²) in [5.41, 5.74) is 0.588. The quantitative estimate of drug-likeness (QED) is 0.724. The number of carbonyl (C=O) groups is 2. The number of rotatable bonds is 4. The average Bonchev–Trinajstić information content (AvgIpc) is 2.62. The van der Waals surface area contributed by atoms with Gasteiger partial charge in [-0.25, -0.2) is 4.79 Å². The predicted molar refractivity (Wildman–Crippen MR) is 96.9 cm³/mol.